The molecule has 2 aromatic rings. The third-order valence-corrected chi connectivity index (χ3v) is 12.3. The van der Waals surface area contributed by atoms with E-state index in [4.69, 9.17) is 4.74 Å². The van der Waals surface area contributed by atoms with Gasteiger partial charge in [-0.2, -0.15) is 0 Å². The fraction of sp³-hybridized carbons (Fsp3) is 0.615. The molecule has 4 fully saturated rings. The highest BCUT2D eigenvalue weighted by molar-refractivity contribution is 6.02. The fourth-order valence-corrected chi connectivity index (χ4v) is 9.36. The standard InChI is InChI=1S/C21H28FN3O3.C18H24FN3O/c1-3-28-20(27)23-11-8-21(2,14-23)24-9-6-17(7-10-24)25-18-13-16(22)5-4-15(18)12-19(25)26;1-18(6-7-20-12-18)21-8-4-15(5-9-21)22-16-11-14(19)3-2-13(16)10-17(22)23/h4-5,13,17H,3,6-12,14H2,1-2H3;2-3,11,15,20H,4-10,12H2,1H3. The normalized spacial score (nSPS) is 27.5. The zero-order valence-corrected chi connectivity index (χ0v) is 30.3. The number of piperidine rings is 2. The molecule has 4 saturated heterocycles. The first kappa shape index (κ1) is 35.8. The van der Waals surface area contributed by atoms with E-state index in [1.165, 1.54) is 30.7 Å². The van der Waals surface area contributed by atoms with Gasteiger partial charge in [0.1, 0.15) is 11.6 Å². The molecular weight excluding hydrogens is 654 g/mol. The van der Waals surface area contributed by atoms with Crippen LogP contribution in [0.5, 0.6) is 0 Å². The molecule has 6 heterocycles. The second-order valence-electron chi connectivity index (χ2n) is 15.7. The maximum atomic E-state index is 13.7. The minimum atomic E-state index is -0.298. The van der Waals surface area contributed by atoms with E-state index in [0.29, 0.717) is 32.5 Å². The van der Waals surface area contributed by atoms with Crippen LogP contribution in [-0.4, -0.2) is 115 Å². The molecule has 3 amide bonds. The van der Waals surface area contributed by atoms with Crippen LogP contribution in [0.2, 0.25) is 0 Å². The summed E-state index contributed by atoms with van der Waals surface area (Å²) < 4.78 is 32.4. The minimum Gasteiger partial charge on any atom is -0.450 e. The average Bonchev–Trinajstić information content (AvgIpc) is 3.90. The van der Waals surface area contributed by atoms with E-state index in [0.717, 1.165) is 93.9 Å². The number of nitrogens with one attached hydrogen (secondary N) is 1. The summed E-state index contributed by atoms with van der Waals surface area (Å²) in [4.78, 5) is 47.5. The molecule has 2 atom stereocenters. The molecule has 2 unspecified atom stereocenters. The van der Waals surface area contributed by atoms with Crippen LogP contribution in [0.4, 0.5) is 25.0 Å². The number of anilines is 2. The van der Waals surface area contributed by atoms with Crippen molar-refractivity contribution in [2.45, 2.75) is 95.3 Å². The van der Waals surface area contributed by atoms with E-state index in [1.807, 2.05) is 16.7 Å². The van der Waals surface area contributed by atoms with Crippen LogP contribution < -0.4 is 15.1 Å². The third-order valence-electron chi connectivity index (χ3n) is 12.3. The van der Waals surface area contributed by atoms with Crippen molar-refractivity contribution in [3.05, 3.63) is 59.2 Å². The third kappa shape index (κ3) is 7.11. The Morgan fingerprint density at radius 1 is 0.784 bits per heavy atom. The van der Waals surface area contributed by atoms with Crippen LogP contribution in [0.15, 0.2) is 36.4 Å². The zero-order valence-electron chi connectivity index (χ0n) is 30.3. The second-order valence-corrected chi connectivity index (χ2v) is 15.7. The van der Waals surface area contributed by atoms with Crippen molar-refractivity contribution in [2.24, 2.45) is 0 Å². The summed E-state index contributed by atoms with van der Waals surface area (Å²) in [5.74, 6) is -0.365. The second kappa shape index (κ2) is 14.4. The van der Waals surface area contributed by atoms with Crippen molar-refractivity contribution < 1.29 is 27.9 Å². The quantitative estimate of drug-likeness (QED) is 0.481. The highest BCUT2D eigenvalue weighted by Gasteiger charge is 2.44. The summed E-state index contributed by atoms with van der Waals surface area (Å²) in [5.41, 5.74) is 3.61. The lowest BCUT2D eigenvalue weighted by atomic mass is 9.93. The number of fused-ring (bicyclic) bond motifs is 2. The highest BCUT2D eigenvalue weighted by Crippen LogP contribution is 2.38. The number of ether oxygens (including phenoxy) is 1. The number of halogens is 2. The van der Waals surface area contributed by atoms with Gasteiger partial charge in [0.05, 0.1) is 30.8 Å². The van der Waals surface area contributed by atoms with Crippen molar-refractivity contribution in [2.75, 3.05) is 68.8 Å². The zero-order chi connectivity index (χ0) is 35.9. The number of hydrogen-bond acceptors (Lipinski definition) is 7. The predicted octanol–water partition coefficient (Wildman–Crippen LogP) is 4.73. The van der Waals surface area contributed by atoms with Crippen molar-refractivity contribution in [3.63, 3.8) is 0 Å². The molecule has 276 valence electrons. The first-order valence-corrected chi connectivity index (χ1v) is 18.8. The average molecular weight is 707 g/mol. The van der Waals surface area contributed by atoms with Gasteiger partial charge in [-0.15, -0.1) is 0 Å². The highest BCUT2D eigenvalue weighted by atomic mass is 19.1. The Labute approximate surface area is 300 Å². The predicted molar refractivity (Wildman–Crippen MR) is 192 cm³/mol. The van der Waals surface area contributed by atoms with E-state index < -0.39 is 0 Å². The van der Waals surface area contributed by atoms with E-state index in [-0.39, 0.29) is 52.7 Å². The molecule has 1 N–H and O–H groups in total. The Balaban J connectivity index is 0.000000162. The number of likely N-dealkylation sites (tertiary alicyclic amines) is 3. The molecule has 0 aliphatic carbocycles. The van der Waals surface area contributed by atoms with Gasteiger partial charge in [0, 0.05) is 69.0 Å². The molecule has 0 bridgehead atoms. The van der Waals surface area contributed by atoms with E-state index in [1.54, 1.807) is 17.0 Å². The summed E-state index contributed by atoms with van der Waals surface area (Å²) in [6.07, 6.45) is 6.31. The summed E-state index contributed by atoms with van der Waals surface area (Å²) in [7, 11) is 0. The SMILES string of the molecule is CC1(N2CCC(N3C(=O)Cc4ccc(F)cc43)CC2)CCNC1.CCOC(=O)N1CCC(C)(N2CCC(N3C(=O)Cc4ccc(F)cc43)CC2)C1. The lowest BCUT2D eigenvalue weighted by molar-refractivity contribution is -0.118. The number of nitrogens with zero attached hydrogens (tertiary/aromatic N) is 5. The van der Waals surface area contributed by atoms with Crippen LogP contribution in [-0.2, 0) is 27.2 Å². The van der Waals surface area contributed by atoms with E-state index in [2.05, 4.69) is 29.0 Å². The number of rotatable bonds is 5. The van der Waals surface area contributed by atoms with Gasteiger partial charge in [-0.1, -0.05) is 12.1 Å². The van der Waals surface area contributed by atoms with E-state index in [9.17, 15) is 23.2 Å². The van der Waals surface area contributed by atoms with Gasteiger partial charge in [-0.05, 0) is 101 Å². The van der Waals surface area contributed by atoms with Crippen LogP contribution >= 0.6 is 0 Å². The Morgan fingerprint density at radius 3 is 1.76 bits per heavy atom. The molecule has 12 heteroatoms. The Hall–Kier alpha value is -3.61. The first-order chi connectivity index (χ1) is 24.5. The molecule has 2 aromatic carbocycles. The molecule has 0 saturated carbocycles. The van der Waals surface area contributed by atoms with Gasteiger partial charge in [-0.25, -0.2) is 13.6 Å². The maximum absolute atomic E-state index is 13.7. The molecule has 6 aliphatic rings. The summed E-state index contributed by atoms with van der Waals surface area (Å²) in [5, 5.41) is 3.45. The minimum absolute atomic E-state index is 0.0588. The first-order valence-electron chi connectivity index (χ1n) is 18.8. The van der Waals surface area contributed by atoms with Crippen molar-refractivity contribution >= 4 is 29.3 Å². The molecular formula is C39H52F2N6O4. The summed E-state index contributed by atoms with van der Waals surface area (Å²) >= 11 is 0. The van der Waals surface area contributed by atoms with Gasteiger partial charge in [0.25, 0.3) is 0 Å². The number of benzene rings is 2. The van der Waals surface area contributed by atoms with Gasteiger partial charge < -0.3 is 24.8 Å². The molecule has 6 aliphatic heterocycles. The number of carbonyl (C=O) groups excluding carboxylic acids is 3. The smallest absolute Gasteiger partial charge is 0.409 e. The molecule has 10 nitrogen and oxygen atoms in total. The molecule has 0 radical (unpaired) electrons. The molecule has 0 aromatic heterocycles. The fourth-order valence-electron chi connectivity index (χ4n) is 9.36. The van der Waals surface area contributed by atoms with Gasteiger partial charge in [0.15, 0.2) is 0 Å². The molecule has 51 heavy (non-hydrogen) atoms. The van der Waals surface area contributed by atoms with Crippen LogP contribution in [0, 0.1) is 11.6 Å². The lowest BCUT2D eigenvalue weighted by Crippen LogP contribution is -2.55. The largest absolute Gasteiger partial charge is 0.450 e. The number of carbonyl (C=O) groups is 3. The summed E-state index contributed by atoms with van der Waals surface area (Å²) in [6.45, 7) is 14.0. The Morgan fingerprint density at radius 2 is 1.29 bits per heavy atom. The Kier molecular flexibility index (Phi) is 10.1. The number of hydrogen-bond donors (Lipinski definition) is 1. The lowest BCUT2D eigenvalue weighted by Gasteiger charge is -2.44. The van der Waals surface area contributed by atoms with Crippen molar-refractivity contribution in [1.82, 2.24) is 20.0 Å². The topological polar surface area (TPSA) is 88.7 Å². The summed E-state index contributed by atoms with van der Waals surface area (Å²) in [6, 6.07) is 9.68. The van der Waals surface area contributed by atoms with Crippen LogP contribution in [0.3, 0.4) is 0 Å². The van der Waals surface area contributed by atoms with Crippen LogP contribution in [0.1, 0.15) is 70.4 Å². The maximum Gasteiger partial charge on any atom is 0.409 e. The van der Waals surface area contributed by atoms with Crippen molar-refractivity contribution in [3.8, 4) is 0 Å². The molecule has 0 spiro atoms. The number of amides is 3. The van der Waals surface area contributed by atoms with Gasteiger partial charge in [-0.3, -0.25) is 19.4 Å². The van der Waals surface area contributed by atoms with Gasteiger partial charge >= 0.3 is 6.09 Å². The van der Waals surface area contributed by atoms with Gasteiger partial charge in [0.2, 0.25) is 11.8 Å². The van der Waals surface area contributed by atoms with Crippen LogP contribution in [0.25, 0.3) is 0 Å². The molecule has 8 rings (SSSR count). The Bertz CT molecular complexity index is 1640. The monoisotopic (exact) mass is 706 g/mol. The van der Waals surface area contributed by atoms with E-state index >= 15 is 0 Å². The van der Waals surface area contributed by atoms with Crippen molar-refractivity contribution in [1.29, 1.82) is 0 Å².